The first-order valence-electron chi connectivity index (χ1n) is 6.72. The molecule has 0 unspecified atom stereocenters. The molecule has 2 aliphatic rings. The highest BCUT2D eigenvalue weighted by Gasteiger charge is 2.52. The van der Waals surface area contributed by atoms with Crippen molar-refractivity contribution in [3.63, 3.8) is 0 Å². The van der Waals surface area contributed by atoms with Crippen molar-refractivity contribution < 1.29 is 14.1 Å². The summed E-state index contributed by atoms with van der Waals surface area (Å²) in [6.07, 6.45) is 1.05. The van der Waals surface area contributed by atoms with E-state index in [-0.39, 0.29) is 30.0 Å². The van der Waals surface area contributed by atoms with E-state index in [1.165, 1.54) is 0 Å². The van der Waals surface area contributed by atoms with Gasteiger partial charge in [-0.15, -0.1) is 0 Å². The van der Waals surface area contributed by atoms with Crippen LogP contribution in [-0.2, 0) is 4.74 Å². The van der Waals surface area contributed by atoms with Crippen molar-refractivity contribution in [2.75, 3.05) is 6.61 Å². The van der Waals surface area contributed by atoms with Crippen molar-refractivity contribution in [3.05, 3.63) is 17.5 Å². The molecule has 0 aromatic carbocycles. The lowest BCUT2D eigenvalue weighted by atomic mass is 9.72. The van der Waals surface area contributed by atoms with Crippen LogP contribution in [-0.4, -0.2) is 35.9 Å². The molecule has 1 aromatic heterocycles. The third kappa shape index (κ3) is 2.04. The van der Waals surface area contributed by atoms with Crippen LogP contribution in [0, 0.1) is 5.92 Å². The molecule has 4 atom stereocenters. The Bertz CT molecular complexity index is 485. The summed E-state index contributed by atoms with van der Waals surface area (Å²) < 4.78 is 10.7. The Balaban J connectivity index is 1.65. The molecule has 3 N–H and O–H groups in total. The topological polar surface area (TPSA) is 90.4 Å². The monoisotopic (exact) mass is 265 g/mol. The Hall–Kier alpha value is -1.40. The average Bonchev–Trinajstić information content (AvgIpc) is 3.02. The smallest absolute Gasteiger partial charge is 0.273 e. The normalized spacial score (nSPS) is 33.1. The molecular weight excluding hydrogens is 246 g/mol. The molecule has 1 aliphatic carbocycles. The van der Waals surface area contributed by atoms with Crippen LogP contribution in [0.4, 0.5) is 0 Å². The van der Waals surface area contributed by atoms with E-state index >= 15 is 0 Å². The summed E-state index contributed by atoms with van der Waals surface area (Å²) in [5.74, 6) is 1.06. The summed E-state index contributed by atoms with van der Waals surface area (Å²) in [5, 5.41) is 6.69. The minimum absolute atomic E-state index is 0.0204. The molecule has 0 bridgehead atoms. The lowest BCUT2D eigenvalue weighted by Gasteiger charge is -2.45. The first-order chi connectivity index (χ1) is 9.08. The second-order valence-corrected chi connectivity index (χ2v) is 5.63. The third-order valence-electron chi connectivity index (χ3n) is 4.07. The Morgan fingerprint density at radius 1 is 1.58 bits per heavy atom. The molecule has 1 saturated carbocycles. The number of rotatable bonds is 3. The maximum atomic E-state index is 12.1. The molecule has 1 aromatic rings. The molecule has 1 aliphatic heterocycles. The van der Waals surface area contributed by atoms with Crippen LogP contribution in [0.3, 0.4) is 0 Å². The summed E-state index contributed by atoms with van der Waals surface area (Å²) in [7, 11) is 0. The molecule has 3 rings (SSSR count). The average molecular weight is 265 g/mol. The molecule has 2 fully saturated rings. The van der Waals surface area contributed by atoms with Gasteiger partial charge in [-0.1, -0.05) is 19.0 Å². The lowest BCUT2D eigenvalue weighted by Crippen LogP contribution is -2.68. The van der Waals surface area contributed by atoms with Crippen LogP contribution in [0.5, 0.6) is 0 Å². The summed E-state index contributed by atoms with van der Waals surface area (Å²) in [5.41, 5.74) is 6.35. The number of hydrogen-bond acceptors (Lipinski definition) is 5. The Labute approximate surface area is 111 Å². The van der Waals surface area contributed by atoms with E-state index in [4.69, 9.17) is 15.0 Å². The van der Waals surface area contributed by atoms with Crippen LogP contribution in [0.2, 0.25) is 0 Å². The summed E-state index contributed by atoms with van der Waals surface area (Å²) in [6.45, 7) is 4.71. The Kier molecular flexibility index (Phi) is 3.06. The van der Waals surface area contributed by atoms with Crippen molar-refractivity contribution in [2.45, 2.75) is 44.4 Å². The van der Waals surface area contributed by atoms with E-state index in [1.54, 1.807) is 6.07 Å². The number of amides is 1. The van der Waals surface area contributed by atoms with Crippen molar-refractivity contribution in [2.24, 2.45) is 11.7 Å². The highest BCUT2D eigenvalue weighted by Crippen LogP contribution is 2.37. The van der Waals surface area contributed by atoms with Crippen LogP contribution in [0.1, 0.15) is 42.4 Å². The molecule has 0 spiro atoms. The predicted octanol–water partition coefficient (Wildman–Crippen LogP) is 0.642. The molecule has 104 valence electrons. The summed E-state index contributed by atoms with van der Waals surface area (Å²) in [4.78, 5) is 12.1. The van der Waals surface area contributed by atoms with E-state index in [1.807, 2.05) is 13.8 Å². The number of ether oxygens (including phenoxy) is 1. The predicted molar refractivity (Wildman–Crippen MR) is 67.7 cm³/mol. The number of carbonyl (C=O) groups excluding carboxylic acids is 1. The fourth-order valence-electron chi connectivity index (χ4n) is 2.82. The number of nitrogens with zero attached hydrogens (tertiary/aromatic N) is 1. The molecule has 2 heterocycles. The van der Waals surface area contributed by atoms with Gasteiger partial charge in [0.15, 0.2) is 5.69 Å². The van der Waals surface area contributed by atoms with Gasteiger partial charge < -0.3 is 20.3 Å². The standard InChI is InChI=1S/C13H19N3O3/c1-6(2)9-5-8(16-19-9)13(17)15-11-10(14)7-3-4-18-12(7)11/h5-7,10-12H,3-4,14H2,1-2H3,(H,15,17)/t7-,10+,11-,12-/m1/s1. The van der Waals surface area contributed by atoms with Crippen LogP contribution < -0.4 is 11.1 Å². The van der Waals surface area contributed by atoms with Gasteiger partial charge in [0.05, 0.1) is 12.1 Å². The van der Waals surface area contributed by atoms with Gasteiger partial charge in [-0.2, -0.15) is 0 Å². The second-order valence-electron chi connectivity index (χ2n) is 5.63. The summed E-state index contributed by atoms with van der Waals surface area (Å²) >= 11 is 0. The molecule has 1 amide bonds. The quantitative estimate of drug-likeness (QED) is 0.837. The van der Waals surface area contributed by atoms with Crippen molar-refractivity contribution in [1.29, 1.82) is 0 Å². The van der Waals surface area contributed by atoms with Crippen molar-refractivity contribution >= 4 is 5.91 Å². The molecule has 6 heteroatoms. The minimum Gasteiger partial charge on any atom is -0.376 e. The highest BCUT2D eigenvalue weighted by atomic mass is 16.5. The van der Waals surface area contributed by atoms with Gasteiger partial charge in [0.25, 0.3) is 5.91 Å². The van der Waals surface area contributed by atoms with Gasteiger partial charge >= 0.3 is 0 Å². The Morgan fingerprint density at radius 2 is 2.37 bits per heavy atom. The lowest BCUT2D eigenvalue weighted by molar-refractivity contribution is -0.0162. The number of hydrogen-bond donors (Lipinski definition) is 2. The number of fused-ring (bicyclic) bond motifs is 1. The fourth-order valence-corrected chi connectivity index (χ4v) is 2.82. The zero-order valence-corrected chi connectivity index (χ0v) is 11.1. The van der Waals surface area contributed by atoms with E-state index in [0.717, 1.165) is 13.0 Å². The van der Waals surface area contributed by atoms with E-state index in [2.05, 4.69) is 10.5 Å². The molecule has 0 radical (unpaired) electrons. The maximum Gasteiger partial charge on any atom is 0.273 e. The van der Waals surface area contributed by atoms with Gasteiger partial charge in [-0.25, -0.2) is 0 Å². The zero-order valence-electron chi connectivity index (χ0n) is 11.1. The number of nitrogens with two attached hydrogens (primary N) is 1. The van der Waals surface area contributed by atoms with E-state index < -0.39 is 0 Å². The first-order valence-corrected chi connectivity index (χ1v) is 6.72. The summed E-state index contributed by atoms with van der Waals surface area (Å²) in [6, 6.07) is 1.55. The molecule has 1 saturated heterocycles. The number of nitrogens with one attached hydrogen (secondary N) is 1. The van der Waals surface area contributed by atoms with Crippen molar-refractivity contribution in [3.8, 4) is 0 Å². The highest BCUT2D eigenvalue weighted by molar-refractivity contribution is 5.92. The second kappa shape index (κ2) is 4.61. The van der Waals surface area contributed by atoms with Crippen LogP contribution >= 0.6 is 0 Å². The van der Waals surface area contributed by atoms with Gasteiger partial charge in [-0.3, -0.25) is 4.79 Å². The zero-order chi connectivity index (χ0) is 13.6. The minimum atomic E-state index is -0.245. The van der Waals surface area contributed by atoms with Gasteiger partial charge in [0.2, 0.25) is 0 Å². The Morgan fingerprint density at radius 3 is 3.05 bits per heavy atom. The molecule has 6 nitrogen and oxygen atoms in total. The van der Waals surface area contributed by atoms with Gasteiger partial charge in [0, 0.05) is 30.6 Å². The van der Waals surface area contributed by atoms with Gasteiger partial charge in [-0.05, 0) is 6.42 Å². The molecular formula is C13H19N3O3. The van der Waals surface area contributed by atoms with Crippen molar-refractivity contribution in [1.82, 2.24) is 10.5 Å². The van der Waals surface area contributed by atoms with Gasteiger partial charge in [0.1, 0.15) is 5.76 Å². The van der Waals surface area contributed by atoms with Crippen LogP contribution in [0.15, 0.2) is 10.6 Å². The number of aromatic nitrogens is 1. The SMILES string of the molecule is CC(C)c1cc(C(=O)N[C@@H]2[C@@H](N)[C@H]3CCO[C@H]32)no1. The first kappa shape index (κ1) is 12.6. The number of carbonyl (C=O) groups is 1. The van der Waals surface area contributed by atoms with Crippen LogP contribution in [0.25, 0.3) is 0 Å². The maximum absolute atomic E-state index is 12.1. The van der Waals surface area contributed by atoms with E-state index in [9.17, 15) is 4.79 Å². The largest absolute Gasteiger partial charge is 0.376 e. The fraction of sp³-hybridized carbons (Fsp3) is 0.692. The van der Waals surface area contributed by atoms with E-state index in [0.29, 0.717) is 17.4 Å². The third-order valence-corrected chi connectivity index (χ3v) is 4.07. The molecule has 19 heavy (non-hydrogen) atoms.